The Labute approximate surface area is 145 Å². The minimum atomic E-state index is -0.706. The second-order valence-electron chi connectivity index (χ2n) is 4.96. The SMILES string of the molecule is COc1ccc(C(=O)NC(=O)COC(=O)/C=C/c2ccccc2)cc1. The van der Waals surface area contributed by atoms with Crippen molar-refractivity contribution in [2.75, 3.05) is 13.7 Å². The number of ether oxygens (including phenoxy) is 2. The van der Waals surface area contributed by atoms with Crippen molar-refractivity contribution in [1.29, 1.82) is 0 Å². The van der Waals surface area contributed by atoms with Gasteiger partial charge in [-0.1, -0.05) is 30.3 Å². The molecule has 0 unspecified atom stereocenters. The van der Waals surface area contributed by atoms with Crippen molar-refractivity contribution in [3.8, 4) is 5.75 Å². The highest BCUT2D eigenvalue weighted by atomic mass is 16.5. The number of carbonyl (C=O) groups is 3. The Bertz CT molecular complexity index is 766. The molecule has 0 atom stereocenters. The maximum Gasteiger partial charge on any atom is 0.331 e. The molecule has 0 bridgehead atoms. The largest absolute Gasteiger partial charge is 0.497 e. The molecule has 0 aliphatic heterocycles. The molecular weight excluding hydrogens is 322 g/mol. The summed E-state index contributed by atoms with van der Waals surface area (Å²) in [6, 6.07) is 15.4. The number of rotatable bonds is 6. The van der Waals surface area contributed by atoms with Crippen molar-refractivity contribution in [3.63, 3.8) is 0 Å². The number of nitrogens with one attached hydrogen (secondary N) is 1. The van der Waals surface area contributed by atoms with Gasteiger partial charge in [0.1, 0.15) is 5.75 Å². The lowest BCUT2D eigenvalue weighted by molar-refractivity contribution is -0.143. The Hall–Kier alpha value is -3.41. The van der Waals surface area contributed by atoms with E-state index >= 15 is 0 Å². The van der Waals surface area contributed by atoms with Crippen molar-refractivity contribution in [2.45, 2.75) is 0 Å². The fraction of sp³-hybridized carbons (Fsp3) is 0.105. The molecule has 0 spiro atoms. The van der Waals surface area contributed by atoms with E-state index in [0.29, 0.717) is 11.3 Å². The normalized spacial score (nSPS) is 10.3. The Morgan fingerprint density at radius 3 is 2.32 bits per heavy atom. The number of hydrogen-bond donors (Lipinski definition) is 1. The lowest BCUT2D eigenvalue weighted by Gasteiger charge is -2.05. The van der Waals surface area contributed by atoms with Gasteiger partial charge in [-0.2, -0.15) is 0 Å². The molecule has 25 heavy (non-hydrogen) atoms. The summed E-state index contributed by atoms with van der Waals surface area (Å²) in [5, 5.41) is 2.14. The summed E-state index contributed by atoms with van der Waals surface area (Å²) in [7, 11) is 1.51. The minimum absolute atomic E-state index is 0.296. The molecule has 0 aliphatic rings. The molecule has 128 valence electrons. The summed E-state index contributed by atoms with van der Waals surface area (Å²) in [6.45, 7) is -0.542. The zero-order valence-electron chi connectivity index (χ0n) is 13.6. The predicted octanol–water partition coefficient (Wildman–Crippen LogP) is 2.21. The van der Waals surface area contributed by atoms with Gasteiger partial charge in [-0.05, 0) is 35.9 Å². The van der Waals surface area contributed by atoms with Crippen LogP contribution >= 0.6 is 0 Å². The first kappa shape index (κ1) is 17.9. The van der Waals surface area contributed by atoms with Gasteiger partial charge in [-0.15, -0.1) is 0 Å². The van der Waals surface area contributed by atoms with Gasteiger partial charge >= 0.3 is 5.97 Å². The first-order valence-electron chi connectivity index (χ1n) is 7.46. The van der Waals surface area contributed by atoms with Crippen LogP contribution in [0.5, 0.6) is 5.75 Å². The standard InChI is InChI=1S/C19H17NO5/c1-24-16-10-8-15(9-11-16)19(23)20-17(21)13-25-18(22)12-7-14-5-3-2-4-6-14/h2-12H,13H2,1H3,(H,20,21,23)/b12-7+. The van der Waals surface area contributed by atoms with Gasteiger partial charge in [0.15, 0.2) is 6.61 Å². The van der Waals surface area contributed by atoms with Crippen LogP contribution in [0.15, 0.2) is 60.7 Å². The monoisotopic (exact) mass is 339 g/mol. The van der Waals surface area contributed by atoms with Crippen LogP contribution in [0.4, 0.5) is 0 Å². The molecule has 0 heterocycles. The summed E-state index contributed by atoms with van der Waals surface area (Å²) in [5.41, 5.74) is 1.13. The van der Waals surface area contributed by atoms with Crippen LogP contribution in [0, 0.1) is 0 Å². The quantitative estimate of drug-likeness (QED) is 0.644. The van der Waals surface area contributed by atoms with E-state index in [-0.39, 0.29) is 0 Å². The average Bonchev–Trinajstić information content (AvgIpc) is 2.65. The van der Waals surface area contributed by atoms with Gasteiger partial charge in [0.2, 0.25) is 0 Å². The molecule has 2 rings (SSSR count). The van der Waals surface area contributed by atoms with Gasteiger partial charge in [0.25, 0.3) is 11.8 Å². The molecule has 6 nitrogen and oxygen atoms in total. The van der Waals surface area contributed by atoms with Gasteiger partial charge < -0.3 is 9.47 Å². The van der Waals surface area contributed by atoms with Gasteiger partial charge in [0.05, 0.1) is 7.11 Å². The zero-order chi connectivity index (χ0) is 18.1. The van der Waals surface area contributed by atoms with E-state index < -0.39 is 24.4 Å². The molecule has 0 fully saturated rings. The number of esters is 1. The maximum atomic E-state index is 11.9. The summed E-state index contributed by atoms with van der Waals surface area (Å²) in [4.78, 5) is 35.1. The summed E-state index contributed by atoms with van der Waals surface area (Å²) < 4.78 is 9.78. The van der Waals surface area contributed by atoms with Crippen molar-refractivity contribution in [1.82, 2.24) is 5.32 Å². The van der Waals surface area contributed by atoms with Crippen LogP contribution in [0.2, 0.25) is 0 Å². The number of imide groups is 1. The molecule has 0 aliphatic carbocycles. The Morgan fingerprint density at radius 2 is 1.68 bits per heavy atom. The van der Waals surface area contributed by atoms with Crippen LogP contribution in [-0.2, 0) is 14.3 Å². The van der Waals surface area contributed by atoms with Gasteiger partial charge in [-0.3, -0.25) is 14.9 Å². The molecule has 1 N–H and O–H groups in total. The van der Waals surface area contributed by atoms with E-state index in [0.717, 1.165) is 5.56 Å². The second-order valence-corrected chi connectivity index (χ2v) is 4.96. The van der Waals surface area contributed by atoms with E-state index in [4.69, 9.17) is 9.47 Å². The summed E-state index contributed by atoms with van der Waals surface area (Å²) in [6.07, 6.45) is 2.79. The van der Waals surface area contributed by atoms with Crippen LogP contribution in [0.1, 0.15) is 15.9 Å². The van der Waals surface area contributed by atoms with Crippen molar-refractivity contribution >= 4 is 23.9 Å². The highest BCUT2D eigenvalue weighted by molar-refractivity contribution is 6.05. The number of carbonyl (C=O) groups excluding carboxylic acids is 3. The van der Waals surface area contributed by atoms with Crippen molar-refractivity contribution in [2.24, 2.45) is 0 Å². The summed E-state index contributed by atoms with van der Waals surface area (Å²) in [5.74, 6) is -1.36. The predicted molar refractivity (Wildman–Crippen MR) is 91.9 cm³/mol. The minimum Gasteiger partial charge on any atom is -0.497 e. The van der Waals surface area contributed by atoms with E-state index in [2.05, 4.69) is 5.32 Å². The Morgan fingerprint density at radius 1 is 1.00 bits per heavy atom. The fourth-order valence-corrected chi connectivity index (χ4v) is 1.89. The fourth-order valence-electron chi connectivity index (χ4n) is 1.89. The highest BCUT2D eigenvalue weighted by Crippen LogP contribution is 2.11. The Balaban J connectivity index is 1.78. The Kier molecular flexibility index (Phi) is 6.47. The highest BCUT2D eigenvalue weighted by Gasteiger charge is 2.11. The number of benzene rings is 2. The van der Waals surface area contributed by atoms with E-state index in [1.54, 1.807) is 18.2 Å². The third-order valence-electron chi connectivity index (χ3n) is 3.16. The second kappa shape index (κ2) is 9.02. The van der Waals surface area contributed by atoms with Crippen molar-refractivity contribution in [3.05, 3.63) is 71.8 Å². The van der Waals surface area contributed by atoms with Gasteiger partial charge in [0, 0.05) is 11.6 Å². The van der Waals surface area contributed by atoms with Crippen molar-refractivity contribution < 1.29 is 23.9 Å². The molecule has 2 amide bonds. The van der Waals surface area contributed by atoms with Crippen LogP contribution in [-0.4, -0.2) is 31.5 Å². The third kappa shape index (κ3) is 5.95. The van der Waals surface area contributed by atoms with Crippen LogP contribution < -0.4 is 10.1 Å². The smallest absolute Gasteiger partial charge is 0.331 e. The van der Waals surface area contributed by atoms with E-state index in [9.17, 15) is 14.4 Å². The first-order chi connectivity index (χ1) is 12.1. The van der Waals surface area contributed by atoms with E-state index in [1.165, 1.54) is 25.3 Å². The first-order valence-corrected chi connectivity index (χ1v) is 7.46. The molecule has 2 aromatic rings. The lowest BCUT2D eigenvalue weighted by atomic mass is 10.2. The molecule has 0 aromatic heterocycles. The van der Waals surface area contributed by atoms with E-state index in [1.807, 2.05) is 30.3 Å². The van der Waals surface area contributed by atoms with Crippen LogP contribution in [0.25, 0.3) is 6.08 Å². The number of amides is 2. The number of methoxy groups -OCH3 is 1. The molecule has 0 radical (unpaired) electrons. The maximum absolute atomic E-state index is 11.9. The van der Waals surface area contributed by atoms with Crippen LogP contribution in [0.3, 0.4) is 0 Å². The summed E-state index contributed by atoms with van der Waals surface area (Å²) >= 11 is 0. The molecule has 0 saturated carbocycles. The molecular formula is C19H17NO5. The molecule has 0 saturated heterocycles. The average molecular weight is 339 g/mol. The number of hydrogen-bond acceptors (Lipinski definition) is 5. The molecule has 2 aromatic carbocycles. The molecule has 6 heteroatoms. The van der Waals surface area contributed by atoms with Gasteiger partial charge in [-0.25, -0.2) is 4.79 Å². The third-order valence-corrected chi connectivity index (χ3v) is 3.16. The topological polar surface area (TPSA) is 81.7 Å². The lowest BCUT2D eigenvalue weighted by Crippen LogP contribution is -2.34. The zero-order valence-corrected chi connectivity index (χ0v) is 13.6.